The number of fused-ring (bicyclic) bond motifs is 1. The van der Waals surface area contributed by atoms with Gasteiger partial charge in [0.15, 0.2) is 6.54 Å². The minimum Gasteiger partial charge on any atom is -0.478 e. The quantitative estimate of drug-likeness (QED) is 0.0890. The topological polar surface area (TPSA) is 50.4 Å². The lowest BCUT2D eigenvalue weighted by molar-refractivity contribution is -0.666. The number of hydrogen-bond acceptors (Lipinski definition) is 2. The van der Waals surface area contributed by atoms with Crippen molar-refractivity contribution in [2.45, 2.75) is 56.0 Å². The summed E-state index contributed by atoms with van der Waals surface area (Å²) in [4.78, 5) is 11.2. The van der Waals surface area contributed by atoms with E-state index in [1.54, 1.807) is 18.2 Å². The van der Waals surface area contributed by atoms with E-state index in [9.17, 15) is 115 Å². The first-order valence-corrected chi connectivity index (χ1v) is 23.3. The molecule has 1 heterocycles. The van der Waals surface area contributed by atoms with Gasteiger partial charge >= 0.3 is 61.3 Å². The van der Waals surface area contributed by atoms with E-state index in [2.05, 4.69) is 28.8 Å². The van der Waals surface area contributed by atoms with Gasteiger partial charge in [0.2, 0.25) is 5.52 Å². The molecule has 1 N–H and O–H groups in total. The van der Waals surface area contributed by atoms with Crippen LogP contribution < -0.4 is 31.2 Å². The van der Waals surface area contributed by atoms with E-state index >= 15 is 0 Å². The van der Waals surface area contributed by atoms with Gasteiger partial charge in [-0.15, -0.1) is 0 Å². The highest BCUT2D eigenvalue weighted by Crippen LogP contribution is 2.42. The fourth-order valence-corrected chi connectivity index (χ4v) is 9.15. The predicted octanol–water partition coefficient (Wildman–Crippen LogP) is 15.9. The van der Waals surface area contributed by atoms with Gasteiger partial charge in [0.1, 0.15) is 11.9 Å². The van der Waals surface area contributed by atoms with Crippen LogP contribution in [-0.2, 0) is 56.0 Å². The Kier molecular flexibility index (Phi) is 16.8. The number of para-hydroxylation sites is 1. The lowest BCUT2D eigenvalue weighted by Crippen LogP contribution is -2.75. The third kappa shape index (κ3) is 14.1. The molecule has 444 valence electrons. The van der Waals surface area contributed by atoms with Gasteiger partial charge in [0, 0.05) is 17.0 Å². The number of carbonyl (C=O) groups is 1. The Morgan fingerprint density at radius 3 is 1.01 bits per heavy atom. The summed E-state index contributed by atoms with van der Waals surface area (Å²) in [6, 6.07) is 19.9. The summed E-state index contributed by atoms with van der Waals surface area (Å²) in [5.74, 6) is 0.170. The average Bonchev–Trinajstić information content (AvgIpc) is 1.34. The highest BCUT2D eigenvalue weighted by atomic mass is 19.4. The van der Waals surface area contributed by atoms with Gasteiger partial charge in [-0.3, -0.25) is 0 Å². The Labute approximate surface area is 455 Å². The Bertz CT molecular complexity index is 3290. The molecule has 0 aliphatic rings. The van der Waals surface area contributed by atoms with Gasteiger partial charge in [-0.05, 0) is 54.6 Å². The van der Waals surface area contributed by atoms with Crippen molar-refractivity contribution in [2.75, 3.05) is 0 Å². The van der Waals surface area contributed by atoms with E-state index in [0.717, 1.165) is 16.5 Å². The number of carboxylic acid groups (broad SMARTS) is 1. The zero-order valence-electron chi connectivity index (χ0n) is 41.2. The molecular weight excluding hydrogens is 1190 g/mol. The van der Waals surface area contributed by atoms with Gasteiger partial charge in [-0.1, -0.05) is 97.1 Å². The summed E-state index contributed by atoms with van der Waals surface area (Å²) in [5.41, 5.74) is -27.8. The van der Waals surface area contributed by atoms with Crippen molar-refractivity contribution in [1.82, 2.24) is 0 Å². The SMILES string of the molecule is FC(F)(F)c1cc([B-](c2cc(C(F)(F)F)cc(C(F)(F)F)c2)(c2cc(C(F)(F)F)cc(C(F)(F)F)c2)c2cc(C(F)(F)F)cc(C(F)(F)F)c2)cc(C(F)(F)F)c1.O=C(O)c1cccc(Oc2ccc3ccccc3[n+]2Cc2ccccc2)c1. The number of ether oxygens (including phenoxy) is 1. The number of carboxylic acids is 1. The van der Waals surface area contributed by atoms with E-state index in [1.807, 2.05) is 42.5 Å². The average molecular weight is 1220 g/mol. The van der Waals surface area contributed by atoms with Gasteiger partial charge in [-0.25, -0.2) is 4.79 Å². The monoisotopic (exact) mass is 1220 g/mol. The number of halogens is 24. The maximum absolute atomic E-state index is 14.2. The van der Waals surface area contributed by atoms with Gasteiger partial charge in [0.05, 0.1) is 56.1 Å². The number of benzene rings is 7. The van der Waals surface area contributed by atoms with Gasteiger partial charge in [0.25, 0.3) is 0 Å². The Balaban J connectivity index is 0.000000309. The first-order valence-electron chi connectivity index (χ1n) is 23.3. The van der Waals surface area contributed by atoms with Crippen LogP contribution in [0.1, 0.15) is 60.4 Å². The number of pyridine rings is 1. The second-order valence-corrected chi connectivity index (χ2v) is 18.5. The molecular formula is C55H30BF24NO3. The molecule has 0 unspecified atom stereocenters. The van der Waals surface area contributed by atoms with Crippen LogP contribution in [0.5, 0.6) is 11.6 Å². The maximum atomic E-state index is 14.2. The normalized spacial score (nSPS) is 13.1. The first kappa shape index (κ1) is 63.2. The number of aromatic nitrogens is 1. The molecule has 8 rings (SSSR count). The van der Waals surface area contributed by atoms with Crippen LogP contribution in [0.25, 0.3) is 10.9 Å². The molecule has 4 nitrogen and oxygen atoms in total. The van der Waals surface area contributed by atoms with Crippen LogP contribution in [0, 0.1) is 0 Å². The zero-order valence-corrected chi connectivity index (χ0v) is 41.2. The second-order valence-electron chi connectivity index (χ2n) is 18.5. The lowest BCUT2D eigenvalue weighted by Gasteiger charge is -2.46. The van der Waals surface area contributed by atoms with Crippen molar-refractivity contribution in [3.8, 4) is 11.6 Å². The summed E-state index contributed by atoms with van der Waals surface area (Å²) in [5, 5.41) is 10.3. The fraction of sp³-hybridized carbons (Fsp3) is 0.164. The van der Waals surface area contributed by atoms with Gasteiger partial charge < -0.3 is 9.84 Å². The standard InChI is InChI=1S/C32H12BF24.C23H17NO3/c34-25(35,36)13-1-14(26(37,38)39)6-21(5-13)33(22-7-15(27(40,41)42)2-16(8-22)28(43,44)45,23-9-17(29(46,47)48)3-18(10-23)30(49,50)51)24-11-19(31(52,53)54)4-20(12-24)32(55,56)57;25-23(26)19-10-6-11-20(15-19)27-22-14-13-18-9-4-5-12-21(18)24(22)16-17-7-2-1-3-8-17/h1-12H;1-15H,16H2/q-1;/p+1. The molecule has 29 heteroatoms. The highest BCUT2D eigenvalue weighted by molar-refractivity contribution is 7.20. The minimum atomic E-state index is -6.13. The van der Waals surface area contributed by atoms with Crippen molar-refractivity contribution in [3.63, 3.8) is 0 Å². The van der Waals surface area contributed by atoms with Crippen molar-refractivity contribution in [3.05, 3.63) is 219 Å². The number of nitrogens with zero attached hydrogens (tertiary/aromatic N) is 1. The Morgan fingerprint density at radius 2 is 0.690 bits per heavy atom. The largest absolute Gasteiger partial charge is 0.478 e. The fourth-order valence-electron chi connectivity index (χ4n) is 9.15. The summed E-state index contributed by atoms with van der Waals surface area (Å²) in [7, 11) is 0. The van der Waals surface area contributed by atoms with Crippen LogP contribution in [0.15, 0.2) is 164 Å². The summed E-state index contributed by atoms with van der Waals surface area (Å²) in [6.45, 7) is 0.649. The van der Waals surface area contributed by atoms with E-state index < -0.39 is 201 Å². The molecule has 0 atom stereocenters. The molecule has 84 heavy (non-hydrogen) atoms. The van der Waals surface area contributed by atoms with E-state index in [-0.39, 0.29) is 5.56 Å². The third-order valence-corrected chi connectivity index (χ3v) is 12.8. The molecule has 0 saturated carbocycles. The van der Waals surface area contributed by atoms with E-state index in [1.165, 1.54) is 6.07 Å². The number of alkyl halides is 24. The molecule has 8 aromatic rings. The summed E-state index contributed by atoms with van der Waals surface area (Å²) in [6.07, 6.45) is -54.8. The van der Waals surface area contributed by atoms with E-state index in [0.29, 0.717) is 18.2 Å². The van der Waals surface area contributed by atoms with Crippen molar-refractivity contribution >= 4 is 44.9 Å². The first-order chi connectivity index (χ1) is 38.5. The molecule has 7 aromatic carbocycles. The molecule has 0 bridgehead atoms. The predicted molar refractivity (Wildman–Crippen MR) is 253 cm³/mol. The Hall–Kier alpha value is -8.40. The van der Waals surface area contributed by atoms with Crippen LogP contribution in [0.3, 0.4) is 0 Å². The molecule has 0 spiro atoms. The molecule has 0 fully saturated rings. The third-order valence-electron chi connectivity index (χ3n) is 12.8. The van der Waals surface area contributed by atoms with Crippen LogP contribution in [0.4, 0.5) is 105 Å². The van der Waals surface area contributed by atoms with Crippen LogP contribution >= 0.6 is 0 Å². The smallest absolute Gasteiger partial charge is 0.416 e. The van der Waals surface area contributed by atoms with Crippen molar-refractivity contribution in [2.24, 2.45) is 0 Å². The second kappa shape index (κ2) is 22.3. The van der Waals surface area contributed by atoms with Crippen molar-refractivity contribution in [1.29, 1.82) is 0 Å². The van der Waals surface area contributed by atoms with Crippen molar-refractivity contribution < 1.29 is 125 Å². The molecule has 1 aromatic heterocycles. The number of rotatable bonds is 9. The molecule has 0 aliphatic heterocycles. The summed E-state index contributed by atoms with van der Waals surface area (Å²) < 4.78 is 349. The minimum absolute atomic E-state index is 0.197. The molecule has 0 aliphatic carbocycles. The Morgan fingerprint density at radius 1 is 0.369 bits per heavy atom. The summed E-state index contributed by atoms with van der Waals surface area (Å²) >= 11 is 0. The molecule has 0 amide bonds. The molecule has 0 radical (unpaired) electrons. The number of hydrogen-bond donors (Lipinski definition) is 1. The van der Waals surface area contributed by atoms with Gasteiger partial charge in [-0.2, -0.15) is 132 Å². The lowest BCUT2D eigenvalue weighted by atomic mass is 9.12. The zero-order chi connectivity index (χ0) is 62.6. The highest BCUT2D eigenvalue weighted by Gasteiger charge is 2.47. The van der Waals surface area contributed by atoms with Crippen LogP contribution in [-0.4, -0.2) is 17.2 Å². The maximum Gasteiger partial charge on any atom is 0.416 e. The van der Waals surface area contributed by atoms with Crippen LogP contribution in [0.2, 0.25) is 0 Å². The molecule has 0 saturated heterocycles. The van der Waals surface area contributed by atoms with E-state index in [4.69, 9.17) is 4.74 Å². The number of aromatic carboxylic acids is 1.